The van der Waals surface area contributed by atoms with Gasteiger partial charge in [0.2, 0.25) is 11.8 Å². The van der Waals surface area contributed by atoms with Gasteiger partial charge in [0.05, 0.1) is 0 Å². The molecule has 3 unspecified atom stereocenters. The molecular formula is C29H49N3O4S. The van der Waals surface area contributed by atoms with Gasteiger partial charge in [0.15, 0.2) is 0 Å². The first-order chi connectivity index (χ1) is 16.9. The summed E-state index contributed by atoms with van der Waals surface area (Å²) in [5.41, 5.74) is 1.54. The van der Waals surface area contributed by atoms with Gasteiger partial charge in [-0.05, 0) is 92.2 Å². The van der Waals surface area contributed by atoms with Gasteiger partial charge in [-0.15, -0.1) is 0 Å². The molecule has 37 heavy (non-hydrogen) atoms. The van der Waals surface area contributed by atoms with Crippen LogP contribution < -0.4 is 10.6 Å². The van der Waals surface area contributed by atoms with Gasteiger partial charge >= 0.3 is 6.09 Å². The number of benzene rings is 1. The zero-order valence-corrected chi connectivity index (χ0v) is 25.6. The Morgan fingerprint density at radius 3 is 2.05 bits per heavy atom. The summed E-state index contributed by atoms with van der Waals surface area (Å²) < 4.78 is 5.40. The minimum Gasteiger partial charge on any atom is -0.444 e. The maximum absolute atomic E-state index is 14.2. The second-order valence-electron chi connectivity index (χ2n) is 12.4. The molecule has 1 aromatic rings. The van der Waals surface area contributed by atoms with E-state index in [1.807, 2.05) is 59.7 Å². The fourth-order valence-electron chi connectivity index (χ4n) is 4.12. The Kier molecular flexibility index (Phi) is 12.0. The molecular weight excluding hydrogens is 486 g/mol. The highest BCUT2D eigenvalue weighted by Crippen LogP contribution is 2.30. The lowest BCUT2D eigenvalue weighted by Crippen LogP contribution is -2.57. The smallest absolute Gasteiger partial charge is 0.408 e. The summed E-state index contributed by atoms with van der Waals surface area (Å²) in [6.07, 6.45) is 0.896. The number of alkyl carbamates (subject to hydrolysis) is 1. The molecule has 0 aliphatic rings. The summed E-state index contributed by atoms with van der Waals surface area (Å²) in [6.45, 7) is 21.2. The molecule has 0 aromatic heterocycles. The van der Waals surface area contributed by atoms with Crippen molar-refractivity contribution in [2.24, 2.45) is 5.92 Å². The number of carbonyl (C=O) groups is 3. The maximum Gasteiger partial charge on any atom is 0.408 e. The van der Waals surface area contributed by atoms with E-state index in [0.29, 0.717) is 12.3 Å². The summed E-state index contributed by atoms with van der Waals surface area (Å²) in [5.74, 6) is -0.139. The minimum absolute atomic E-state index is 0.0615. The summed E-state index contributed by atoms with van der Waals surface area (Å²) in [6, 6.07) is 3.78. The van der Waals surface area contributed by atoms with Crippen LogP contribution in [0.4, 0.5) is 4.79 Å². The lowest BCUT2D eigenvalue weighted by molar-refractivity contribution is -0.145. The Hall–Kier alpha value is -2.22. The average molecular weight is 536 g/mol. The Morgan fingerprint density at radius 1 is 1.00 bits per heavy atom. The standard InChI is InChI=1S/C29H49N3O4S/c1-18(2)12-14-21(5)32(26(34)23(17-37)30-27(35)36-29(9,10)11)24(25(33)31-28(6,7)8)22-15-13-19(3)16-20(22)4/h13,15-16,18,21,23-24,37H,12,14,17H2,1-11H3,(H,30,35)(H,31,33). The third-order valence-electron chi connectivity index (χ3n) is 5.81. The van der Waals surface area contributed by atoms with Gasteiger partial charge in [0.25, 0.3) is 0 Å². The maximum atomic E-state index is 14.2. The van der Waals surface area contributed by atoms with Crippen LogP contribution in [-0.4, -0.2) is 51.8 Å². The van der Waals surface area contributed by atoms with Crippen LogP contribution in [0.15, 0.2) is 18.2 Å². The first-order valence-corrected chi connectivity index (χ1v) is 13.8. The van der Waals surface area contributed by atoms with Crippen molar-refractivity contribution in [1.29, 1.82) is 0 Å². The molecule has 0 saturated heterocycles. The number of hydrogen-bond acceptors (Lipinski definition) is 5. The number of carbonyl (C=O) groups excluding carboxylic acids is 3. The molecule has 8 heteroatoms. The molecule has 2 N–H and O–H groups in total. The van der Waals surface area contributed by atoms with Crippen LogP contribution in [-0.2, 0) is 14.3 Å². The SMILES string of the molecule is Cc1ccc(C(C(=O)NC(C)(C)C)N(C(=O)C(CS)NC(=O)OC(C)(C)C)C(C)CCC(C)C)c(C)c1. The van der Waals surface area contributed by atoms with Crippen molar-refractivity contribution < 1.29 is 19.1 Å². The summed E-state index contributed by atoms with van der Waals surface area (Å²) in [5, 5.41) is 5.76. The molecule has 7 nitrogen and oxygen atoms in total. The molecule has 0 aliphatic heterocycles. The summed E-state index contributed by atoms with van der Waals surface area (Å²) in [7, 11) is 0. The fraction of sp³-hybridized carbons (Fsp3) is 0.690. The number of aryl methyl sites for hydroxylation is 2. The van der Waals surface area contributed by atoms with E-state index in [0.717, 1.165) is 23.1 Å². The van der Waals surface area contributed by atoms with Crippen molar-refractivity contribution >= 4 is 30.5 Å². The summed E-state index contributed by atoms with van der Waals surface area (Å²) >= 11 is 4.38. The Morgan fingerprint density at radius 2 is 1.59 bits per heavy atom. The Labute approximate surface area is 229 Å². The third-order valence-corrected chi connectivity index (χ3v) is 6.17. The van der Waals surface area contributed by atoms with E-state index in [9.17, 15) is 14.4 Å². The third kappa shape index (κ3) is 11.0. The highest BCUT2D eigenvalue weighted by molar-refractivity contribution is 7.80. The number of amides is 3. The highest BCUT2D eigenvalue weighted by atomic mass is 32.1. The molecule has 0 fully saturated rings. The Balaban J connectivity index is 3.63. The van der Waals surface area contributed by atoms with Crippen molar-refractivity contribution in [2.75, 3.05) is 5.75 Å². The lowest BCUT2D eigenvalue weighted by atomic mass is 9.93. The molecule has 0 heterocycles. The topological polar surface area (TPSA) is 87.7 Å². The van der Waals surface area contributed by atoms with E-state index >= 15 is 0 Å². The number of nitrogens with one attached hydrogen (secondary N) is 2. The lowest BCUT2D eigenvalue weighted by Gasteiger charge is -2.40. The molecule has 1 rings (SSSR count). The zero-order valence-electron chi connectivity index (χ0n) is 24.7. The van der Waals surface area contributed by atoms with E-state index in [1.165, 1.54) is 0 Å². The van der Waals surface area contributed by atoms with Gasteiger partial charge in [0, 0.05) is 17.3 Å². The normalized spacial score (nSPS) is 14.5. The van der Waals surface area contributed by atoms with Gasteiger partial charge in [-0.25, -0.2) is 4.79 Å². The van der Waals surface area contributed by atoms with Crippen LogP contribution in [0, 0.1) is 19.8 Å². The van der Waals surface area contributed by atoms with Gasteiger partial charge < -0.3 is 20.3 Å². The predicted octanol–water partition coefficient (Wildman–Crippen LogP) is 5.74. The Bertz CT molecular complexity index is 934. The van der Waals surface area contributed by atoms with Gasteiger partial charge in [-0.2, -0.15) is 12.6 Å². The minimum atomic E-state index is -0.963. The largest absolute Gasteiger partial charge is 0.444 e. The van der Waals surface area contributed by atoms with Crippen LogP contribution in [0.2, 0.25) is 0 Å². The molecule has 0 aliphatic carbocycles. The van der Waals surface area contributed by atoms with Gasteiger partial charge in [-0.1, -0.05) is 37.6 Å². The second-order valence-corrected chi connectivity index (χ2v) is 12.8. The van der Waals surface area contributed by atoms with Crippen molar-refractivity contribution in [3.8, 4) is 0 Å². The number of nitrogens with zero attached hydrogens (tertiary/aromatic N) is 1. The molecule has 0 spiro atoms. The van der Waals surface area contributed by atoms with Crippen molar-refractivity contribution in [2.45, 2.75) is 118 Å². The molecule has 0 bridgehead atoms. The fourth-order valence-corrected chi connectivity index (χ4v) is 4.36. The predicted molar refractivity (Wildman–Crippen MR) is 154 cm³/mol. The molecule has 3 atom stereocenters. The van der Waals surface area contributed by atoms with E-state index in [2.05, 4.69) is 37.1 Å². The zero-order chi connectivity index (χ0) is 28.7. The van der Waals surface area contributed by atoms with Crippen molar-refractivity contribution in [1.82, 2.24) is 15.5 Å². The number of thiol groups is 1. The summed E-state index contributed by atoms with van der Waals surface area (Å²) in [4.78, 5) is 42.2. The first kappa shape index (κ1) is 32.8. The molecule has 0 radical (unpaired) electrons. The van der Waals surface area contributed by atoms with Crippen molar-refractivity contribution in [3.63, 3.8) is 0 Å². The van der Waals surface area contributed by atoms with Gasteiger partial charge in [-0.3, -0.25) is 9.59 Å². The molecule has 0 saturated carbocycles. The highest BCUT2D eigenvalue weighted by Gasteiger charge is 2.40. The number of hydrogen-bond donors (Lipinski definition) is 3. The van der Waals surface area contributed by atoms with Crippen LogP contribution >= 0.6 is 12.6 Å². The van der Waals surface area contributed by atoms with E-state index in [-0.39, 0.29) is 23.6 Å². The van der Waals surface area contributed by atoms with E-state index < -0.39 is 29.3 Å². The average Bonchev–Trinajstić information content (AvgIpc) is 2.71. The number of rotatable bonds is 10. The van der Waals surface area contributed by atoms with Crippen molar-refractivity contribution in [3.05, 3.63) is 34.9 Å². The van der Waals surface area contributed by atoms with Crippen LogP contribution in [0.3, 0.4) is 0 Å². The van der Waals surface area contributed by atoms with Crippen LogP contribution in [0.5, 0.6) is 0 Å². The number of ether oxygens (including phenoxy) is 1. The van der Waals surface area contributed by atoms with E-state index in [1.54, 1.807) is 25.7 Å². The second kappa shape index (κ2) is 13.5. The van der Waals surface area contributed by atoms with Crippen LogP contribution in [0.25, 0.3) is 0 Å². The van der Waals surface area contributed by atoms with Gasteiger partial charge in [0.1, 0.15) is 17.7 Å². The molecule has 210 valence electrons. The molecule has 1 aromatic carbocycles. The monoisotopic (exact) mass is 535 g/mol. The molecule has 3 amide bonds. The quantitative estimate of drug-likeness (QED) is 0.334. The first-order valence-electron chi connectivity index (χ1n) is 13.2. The van der Waals surface area contributed by atoms with E-state index in [4.69, 9.17) is 4.74 Å². The van der Waals surface area contributed by atoms with Crippen LogP contribution in [0.1, 0.15) is 97.9 Å².